The maximum Gasteiger partial charge on any atom is 0.227 e. The lowest BCUT2D eigenvalue weighted by atomic mass is 10.1. The van der Waals surface area contributed by atoms with Crippen molar-refractivity contribution < 1.29 is 9.15 Å². The summed E-state index contributed by atoms with van der Waals surface area (Å²) in [6.45, 7) is 2.86. The van der Waals surface area contributed by atoms with Crippen LogP contribution in [0.2, 0.25) is 0 Å². The molecule has 1 unspecified atom stereocenters. The second-order valence-electron chi connectivity index (χ2n) is 6.65. The number of nitrogens with one attached hydrogen (secondary N) is 1. The molecule has 4 radical (unpaired) electrons. The van der Waals surface area contributed by atoms with Gasteiger partial charge in [0.15, 0.2) is 5.58 Å². The Morgan fingerprint density at radius 2 is 1.78 bits per heavy atom. The predicted octanol–water partition coefficient (Wildman–Crippen LogP) is 5.20. The number of hydrogen-bond acceptors (Lipinski definition) is 4. The summed E-state index contributed by atoms with van der Waals surface area (Å²) < 4.78 is 11.9. The maximum absolute atomic E-state index is 6.12. The van der Waals surface area contributed by atoms with Crippen LogP contribution >= 0.6 is 0 Å². The molecular weight excluding hydrogens is 336 g/mol. The Labute approximate surface area is 163 Å². The van der Waals surface area contributed by atoms with Gasteiger partial charge in [0.05, 0.1) is 12.7 Å². The van der Waals surface area contributed by atoms with Crippen molar-refractivity contribution >= 4 is 11.1 Å². The molecule has 1 N–H and O–H groups in total. The van der Waals surface area contributed by atoms with Gasteiger partial charge in [-0.25, -0.2) is 4.98 Å². The number of aromatic nitrogens is 1. The predicted molar refractivity (Wildman–Crippen MR) is 110 cm³/mol. The van der Waals surface area contributed by atoms with Crippen LogP contribution < -0.4 is 5.32 Å². The van der Waals surface area contributed by atoms with Gasteiger partial charge in [0.25, 0.3) is 0 Å². The standard InChI is InChI=1S/C21H24N2O2.2CH2/c1-2-7-20-19(6-1)23-21(25-20)17-10-8-16(9-11-17)15-24-18-5-3-4-13-22-14-12-18;;/h1-2,6-11,18,22H,3-5,12-15H2;2*1H2. The van der Waals surface area contributed by atoms with Crippen LogP contribution in [0, 0.1) is 14.9 Å². The molecule has 3 aromatic rings. The van der Waals surface area contributed by atoms with E-state index in [0.29, 0.717) is 18.6 Å². The Bertz CT molecular complexity index is 770. The summed E-state index contributed by atoms with van der Waals surface area (Å²) in [6.07, 6.45) is 5.13. The fraction of sp³-hybridized carbons (Fsp3) is 0.348. The molecule has 4 heteroatoms. The third-order valence-corrected chi connectivity index (χ3v) is 4.75. The van der Waals surface area contributed by atoms with Crippen molar-refractivity contribution in [3.8, 4) is 11.5 Å². The molecule has 1 saturated heterocycles. The van der Waals surface area contributed by atoms with Crippen molar-refractivity contribution in [2.75, 3.05) is 13.1 Å². The molecule has 142 valence electrons. The zero-order valence-electron chi connectivity index (χ0n) is 15.8. The van der Waals surface area contributed by atoms with E-state index in [2.05, 4.69) is 34.6 Å². The molecule has 4 rings (SSSR count). The van der Waals surface area contributed by atoms with Crippen LogP contribution in [-0.2, 0) is 11.3 Å². The van der Waals surface area contributed by atoms with Gasteiger partial charge in [-0.2, -0.15) is 0 Å². The Hall–Kier alpha value is -2.17. The smallest absolute Gasteiger partial charge is 0.227 e. The number of fused-ring (bicyclic) bond motifs is 1. The Kier molecular flexibility index (Phi) is 8.01. The lowest BCUT2D eigenvalue weighted by molar-refractivity contribution is 0.0259. The molecule has 27 heavy (non-hydrogen) atoms. The highest BCUT2D eigenvalue weighted by Gasteiger charge is 2.12. The minimum absolute atomic E-state index is 0. The van der Waals surface area contributed by atoms with Crippen molar-refractivity contribution in [3.05, 3.63) is 68.9 Å². The summed E-state index contributed by atoms with van der Waals surface area (Å²) >= 11 is 0. The van der Waals surface area contributed by atoms with Crippen molar-refractivity contribution in [3.63, 3.8) is 0 Å². The summed E-state index contributed by atoms with van der Waals surface area (Å²) in [6, 6.07) is 16.2. The monoisotopic (exact) mass is 364 g/mol. The number of nitrogens with zero attached hydrogens (tertiary/aromatic N) is 1. The van der Waals surface area contributed by atoms with E-state index in [4.69, 9.17) is 9.15 Å². The van der Waals surface area contributed by atoms with Gasteiger partial charge in [-0.3, -0.25) is 0 Å². The first-order chi connectivity index (χ1) is 12.4. The minimum Gasteiger partial charge on any atom is -0.436 e. The molecule has 2 aromatic carbocycles. The third kappa shape index (κ3) is 5.41. The summed E-state index contributed by atoms with van der Waals surface area (Å²) in [5.41, 5.74) is 3.90. The highest BCUT2D eigenvalue weighted by molar-refractivity contribution is 5.75. The van der Waals surface area contributed by atoms with Crippen LogP contribution in [0.15, 0.2) is 52.9 Å². The molecule has 2 heterocycles. The lowest BCUT2D eigenvalue weighted by Gasteiger charge is -2.21. The van der Waals surface area contributed by atoms with E-state index in [1.165, 1.54) is 24.8 Å². The molecule has 4 nitrogen and oxygen atoms in total. The SMILES string of the molecule is [CH2].[CH2].c1ccc2oc(-c3ccc(COC4CCCCNCC4)cc3)nc2c1. The summed E-state index contributed by atoms with van der Waals surface area (Å²) in [5, 5.41) is 3.45. The van der Waals surface area contributed by atoms with Crippen LogP contribution in [0.1, 0.15) is 31.2 Å². The van der Waals surface area contributed by atoms with Crippen molar-refractivity contribution in [2.45, 2.75) is 38.4 Å². The zero-order chi connectivity index (χ0) is 16.9. The van der Waals surface area contributed by atoms with Crippen LogP contribution in [0.5, 0.6) is 0 Å². The molecule has 0 saturated carbocycles. The van der Waals surface area contributed by atoms with Gasteiger partial charge in [0.1, 0.15) is 5.52 Å². The van der Waals surface area contributed by atoms with Gasteiger partial charge in [0.2, 0.25) is 5.89 Å². The Balaban J connectivity index is 0.00000131. The normalized spacial score (nSPS) is 17.4. The summed E-state index contributed by atoms with van der Waals surface area (Å²) in [7, 11) is 0. The number of hydrogen-bond donors (Lipinski definition) is 1. The number of ether oxygens (including phenoxy) is 1. The maximum atomic E-state index is 6.12. The van der Waals surface area contributed by atoms with E-state index in [-0.39, 0.29) is 14.9 Å². The highest BCUT2D eigenvalue weighted by Crippen LogP contribution is 2.24. The number of benzene rings is 2. The third-order valence-electron chi connectivity index (χ3n) is 4.75. The average Bonchev–Trinajstić information content (AvgIpc) is 3.05. The second-order valence-corrected chi connectivity index (χ2v) is 6.65. The zero-order valence-corrected chi connectivity index (χ0v) is 15.8. The van der Waals surface area contributed by atoms with Gasteiger partial charge in [-0.05, 0) is 68.6 Å². The molecule has 1 fully saturated rings. The molecule has 0 amide bonds. The lowest BCUT2D eigenvalue weighted by Crippen LogP contribution is -2.26. The first-order valence-corrected chi connectivity index (χ1v) is 9.16. The van der Waals surface area contributed by atoms with E-state index < -0.39 is 0 Å². The van der Waals surface area contributed by atoms with E-state index in [0.717, 1.165) is 36.2 Å². The number of para-hydroxylation sites is 2. The van der Waals surface area contributed by atoms with Gasteiger partial charge >= 0.3 is 0 Å². The molecular formula is C23H28N2O2. The van der Waals surface area contributed by atoms with Crippen LogP contribution in [0.4, 0.5) is 0 Å². The molecule has 0 bridgehead atoms. The quantitative estimate of drug-likeness (QED) is 0.691. The van der Waals surface area contributed by atoms with Crippen molar-refractivity contribution in [1.82, 2.24) is 10.3 Å². The fourth-order valence-corrected chi connectivity index (χ4v) is 3.27. The fourth-order valence-electron chi connectivity index (χ4n) is 3.27. The summed E-state index contributed by atoms with van der Waals surface area (Å²) in [4.78, 5) is 4.55. The van der Waals surface area contributed by atoms with Crippen LogP contribution in [0.25, 0.3) is 22.6 Å². The Morgan fingerprint density at radius 1 is 0.963 bits per heavy atom. The number of oxazole rings is 1. The molecule has 1 aliphatic rings. The molecule has 0 aliphatic carbocycles. The topological polar surface area (TPSA) is 47.3 Å². The van der Waals surface area contributed by atoms with E-state index in [1.807, 2.05) is 24.3 Å². The van der Waals surface area contributed by atoms with Crippen LogP contribution in [0.3, 0.4) is 0 Å². The van der Waals surface area contributed by atoms with Crippen molar-refractivity contribution in [2.24, 2.45) is 0 Å². The van der Waals surface area contributed by atoms with Crippen molar-refractivity contribution in [1.29, 1.82) is 0 Å². The average molecular weight is 364 g/mol. The van der Waals surface area contributed by atoms with Gasteiger partial charge < -0.3 is 14.5 Å². The van der Waals surface area contributed by atoms with Gasteiger partial charge in [-0.1, -0.05) is 39.1 Å². The second kappa shape index (κ2) is 10.2. The molecule has 1 atom stereocenters. The molecule has 1 aromatic heterocycles. The first kappa shape index (κ1) is 21.1. The van der Waals surface area contributed by atoms with Gasteiger partial charge in [0, 0.05) is 5.56 Å². The van der Waals surface area contributed by atoms with E-state index in [9.17, 15) is 0 Å². The molecule has 0 spiro atoms. The van der Waals surface area contributed by atoms with Crippen LogP contribution in [-0.4, -0.2) is 24.2 Å². The molecule has 1 aliphatic heterocycles. The Morgan fingerprint density at radius 3 is 2.59 bits per heavy atom. The number of rotatable bonds is 4. The van der Waals surface area contributed by atoms with E-state index >= 15 is 0 Å². The van der Waals surface area contributed by atoms with E-state index in [1.54, 1.807) is 0 Å². The summed E-state index contributed by atoms with van der Waals surface area (Å²) in [5.74, 6) is 0.666. The van der Waals surface area contributed by atoms with Gasteiger partial charge in [-0.15, -0.1) is 0 Å². The largest absolute Gasteiger partial charge is 0.436 e. The first-order valence-electron chi connectivity index (χ1n) is 9.16. The minimum atomic E-state index is 0. The highest BCUT2D eigenvalue weighted by atomic mass is 16.5.